The van der Waals surface area contributed by atoms with Gasteiger partial charge in [-0.05, 0) is 23.8 Å². The summed E-state index contributed by atoms with van der Waals surface area (Å²) in [5, 5.41) is 7.40. The minimum Gasteiger partial charge on any atom is -0.463 e. The lowest BCUT2D eigenvalue weighted by Crippen LogP contribution is -2.57. The fraction of sp³-hybridized carbons (Fsp3) is 0.957. The first-order valence-corrected chi connectivity index (χ1v) is 13.1. The molecule has 0 amide bonds. The van der Waals surface area contributed by atoms with Crippen LogP contribution in [0.1, 0.15) is 85.5 Å². The second-order valence-corrected chi connectivity index (χ2v) is 9.36. The third kappa shape index (κ3) is 11.3. The van der Waals surface area contributed by atoms with Gasteiger partial charge in [0.2, 0.25) is 0 Å². The summed E-state index contributed by atoms with van der Waals surface area (Å²) < 4.78 is 17.5. The summed E-state index contributed by atoms with van der Waals surface area (Å²) in [6.45, 7) is 8.44. The van der Waals surface area contributed by atoms with Gasteiger partial charge in [0.05, 0.1) is 24.8 Å². The van der Waals surface area contributed by atoms with Crippen molar-refractivity contribution >= 4 is 15.2 Å². The topological polar surface area (TPSA) is 106 Å². The Balaban J connectivity index is 2.55. The lowest BCUT2D eigenvalue weighted by Gasteiger charge is -2.44. The van der Waals surface area contributed by atoms with Gasteiger partial charge in [0.25, 0.3) is 0 Å². The Morgan fingerprint density at radius 3 is 2.41 bits per heavy atom. The summed E-state index contributed by atoms with van der Waals surface area (Å²) in [5.41, 5.74) is 8.98. The molecule has 7 atom stereocenters. The van der Waals surface area contributed by atoms with Gasteiger partial charge in [-0.2, -0.15) is 0 Å². The third-order valence-electron chi connectivity index (χ3n) is 6.45. The maximum Gasteiger partial charge on any atom is 0.302 e. The maximum atomic E-state index is 11.3. The van der Waals surface area contributed by atoms with Crippen LogP contribution < -0.4 is 5.32 Å². The molecule has 0 aromatic heterocycles. The molecule has 0 bridgehead atoms. The standard InChI is InChI=1S/C23H45N4O4P/c1-5-6-7-8-9-10-11-12-13-20(26-27-24)14-30-23-22(25-16-32)18(3)17(2)21(31-23)15-29-19(4)28/h17-18,20-23,25H,5-16,32H2,1-4H3/t17-,18-,20?,21?,22?,23+/m0/s1. The Kier molecular flexibility index (Phi) is 16.0. The molecular formula is C23H45N4O4P. The smallest absolute Gasteiger partial charge is 0.302 e. The molecule has 1 aliphatic heterocycles. The average Bonchev–Trinajstić information content (AvgIpc) is 2.77. The van der Waals surface area contributed by atoms with Gasteiger partial charge in [0, 0.05) is 18.1 Å². The van der Waals surface area contributed by atoms with E-state index in [-0.39, 0.29) is 42.6 Å². The van der Waals surface area contributed by atoms with Crippen LogP contribution in [0.15, 0.2) is 5.11 Å². The van der Waals surface area contributed by atoms with Crippen molar-refractivity contribution in [1.29, 1.82) is 0 Å². The van der Waals surface area contributed by atoms with Gasteiger partial charge in [-0.1, -0.05) is 77.3 Å². The van der Waals surface area contributed by atoms with Crippen molar-refractivity contribution in [2.45, 2.75) is 110 Å². The number of nitrogens with one attached hydrogen (secondary N) is 1. The molecule has 32 heavy (non-hydrogen) atoms. The predicted octanol–water partition coefficient (Wildman–Crippen LogP) is 5.56. The Labute approximate surface area is 196 Å². The van der Waals surface area contributed by atoms with E-state index in [1.165, 1.54) is 45.4 Å². The van der Waals surface area contributed by atoms with Gasteiger partial charge in [-0.3, -0.25) is 4.79 Å². The van der Waals surface area contributed by atoms with Crippen LogP contribution in [0.4, 0.5) is 0 Å². The Morgan fingerprint density at radius 1 is 1.16 bits per heavy atom. The van der Waals surface area contributed by atoms with Crippen molar-refractivity contribution in [1.82, 2.24) is 5.32 Å². The molecule has 186 valence electrons. The predicted molar refractivity (Wildman–Crippen MR) is 131 cm³/mol. The highest BCUT2D eigenvalue weighted by molar-refractivity contribution is 7.16. The van der Waals surface area contributed by atoms with E-state index < -0.39 is 6.29 Å². The van der Waals surface area contributed by atoms with E-state index in [2.05, 4.69) is 45.4 Å². The number of hydrogen-bond donors (Lipinski definition) is 1. The molecule has 0 aliphatic carbocycles. The second kappa shape index (κ2) is 17.6. The molecule has 1 saturated heterocycles. The van der Waals surface area contributed by atoms with Crippen molar-refractivity contribution in [3.8, 4) is 0 Å². The zero-order valence-electron chi connectivity index (χ0n) is 20.5. The lowest BCUT2D eigenvalue weighted by atomic mass is 9.82. The normalized spacial score (nSPS) is 26.3. The molecule has 0 aromatic carbocycles. The SMILES string of the molecule is CCCCCCCCCCC(CO[C@@H]1OC(COC(C)=O)[C@@H](C)[C@H](C)C1NCP)N=[N+]=[N-]. The largest absolute Gasteiger partial charge is 0.463 e. The molecule has 0 radical (unpaired) electrons. The Morgan fingerprint density at radius 2 is 1.81 bits per heavy atom. The minimum atomic E-state index is -0.489. The van der Waals surface area contributed by atoms with Crippen molar-refractivity contribution in [2.75, 3.05) is 19.5 Å². The van der Waals surface area contributed by atoms with Crippen LogP contribution in [0.25, 0.3) is 10.4 Å². The molecule has 0 aromatic rings. The van der Waals surface area contributed by atoms with E-state index in [0.717, 1.165) is 25.5 Å². The first-order valence-electron chi connectivity index (χ1n) is 12.3. The van der Waals surface area contributed by atoms with E-state index in [1.54, 1.807) is 0 Å². The van der Waals surface area contributed by atoms with Gasteiger partial charge in [0.15, 0.2) is 6.29 Å². The Hall–Kier alpha value is -0.910. The van der Waals surface area contributed by atoms with Crippen molar-refractivity contribution in [3.05, 3.63) is 10.4 Å². The van der Waals surface area contributed by atoms with Gasteiger partial charge in [0.1, 0.15) is 6.61 Å². The molecular weight excluding hydrogens is 427 g/mol. The fourth-order valence-electron chi connectivity index (χ4n) is 4.21. The molecule has 1 heterocycles. The van der Waals surface area contributed by atoms with Gasteiger partial charge in [-0.15, -0.1) is 9.24 Å². The van der Waals surface area contributed by atoms with Crippen molar-refractivity contribution in [3.63, 3.8) is 0 Å². The van der Waals surface area contributed by atoms with Gasteiger partial charge >= 0.3 is 5.97 Å². The average molecular weight is 473 g/mol. The van der Waals surface area contributed by atoms with Crippen LogP contribution in [-0.2, 0) is 19.0 Å². The number of nitrogens with zero attached hydrogens (tertiary/aromatic N) is 3. The van der Waals surface area contributed by atoms with E-state index >= 15 is 0 Å². The maximum absolute atomic E-state index is 11.3. The van der Waals surface area contributed by atoms with E-state index in [0.29, 0.717) is 6.61 Å². The van der Waals surface area contributed by atoms with Crippen LogP contribution in [0.5, 0.6) is 0 Å². The quantitative estimate of drug-likeness (QED) is 0.0744. The molecule has 1 fully saturated rings. The summed E-state index contributed by atoms with van der Waals surface area (Å²) in [6.07, 6.45) is 10.7. The highest BCUT2D eigenvalue weighted by Gasteiger charge is 2.42. The van der Waals surface area contributed by atoms with Crippen molar-refractivity contribution in [2.24, 2.45) is 17.0 Å². The van der Waals surface area contributed by atoms with Crippen LogP contribution in [0.3, 0.4) is 0 Å². The first-order chi connectivity index (χ1) is 15.4. The molecule has 1 aliphatic rings. The van der Waals surface area contributed by atoms with Crippen LogP contribution >= 0.6 is 9.24 Å². The number of ether oxygens (including phenoxy) is 3. The third-order valence-corrected chi connectivity index (χ3v) is 6.68. The second-order valence-electron chi connectivity index (χ2n) is 8.95. The molecule has 4 unspecified atom stereocenters. The molecule has 9 heteroatoms. The van der Waals surface area contributed by atoms with Crippen molar-refractivity contribution < 1.29 is 19.0 Å². The fourth-order valence-corrected chi connectivity index (χ4v) is 4.49. The number of hydrogen-bond acceptors (Lipinski definition) is 6. The summed E-state index contributed by atoms with van der Waals surface area (Å²) in [5.74, 6) is 0.152. The number of carbonyl (C=O) groups is 1. The van der Waals surface area contributed by atoms with Crippen LogP contribution in [0.2, 0.25) is 0 Å². The minimum absolute atomic E-state index is 0.00548. The van der Waals surface area contributed by atoms with E-state index in [9.17, 15) is 4.79 Å². The van der Waals surface area contributed by atoms with E-state index in [4.69, 9.17) is 19.7 Å². The zero-order valence-corrected chi connectivity index (χ0v) is 21.7. The summed E-state index contributed by atoms with van der Waals surface area (Å²) in [7, 11) is 2.67. The monoisotopic (exact) mass is 472 g/mol. The number of azide groups is 1. The highest BCUT2D eigenvalue weighted by Crippen LogP contribution is 2.32. The van der Waals surface area contributed by atoms with E-state index in [1.807, 2.05) is 0 Å². The molecule has 1 rings (SSSR count). The number of esters is 1. The lowest BCUT2D eigenvalue weighted by molar-refractivity contribution is -0.245. The molecule has 1 N–H and O–H groups in total. The van der Waals surface area contributed by atoms with Crippen LogP contribution in [-0.4, -0.2) is 49.9 Å². The summed E-state index contributed by atoms with van der Waals surface area (Å²) in [4.78, 5) is 14.3. The van der Waals surface area contributed by atoms with Gasteiger partial charge in [-0.25, -0.2) is 0 Å². The number of carbonyl (C=O) groups excluding carboxylic acids is 1. The first kappa shape index (κ1) is 29.1. The molecule has 0 saturated carbocycles. The number of rotatable bonds is 17. The summed E-state index contributed by atoms with van der Waals surface area (Å²) in [6, 6.07) is -0.201. The molecule has 8 nitrogen and oxygen atoms in total. The van der Waals surface area contributed by atoms with Gasteiger partial charge < -0.3 is 19.5 Å². The van der Waals surface area contributed by atoms with Crippen LogP contribution in [0, 0.1) is 11.8 Å². The zero-order chi connectivity index (χ0) is 23.8. The number of unbranched alkanes of at least 4 members (excludes halogenated alkanes) is 7. The Bertz CT molecular complexity index is 562. The highest BCUT2D eigenvalue weighted by atomic mass is 31.0. The summed E-state index contributed by atoms with van der Waals surface area (Å²) >= 11 is 0. The molecule has 0 spiro atoms.